The predicted molar refractivity (Wildman–Crippen MR) is 94.2 cm³/mol. The topological polar surface area (TPSA) is 13.1 Å². The van der Waals surface area contributed by atoms with Crippen molar-refractivity contribution in [3.8, 4) is 0 Å². The van der Waals surface area contributed by atoms with Crippen molar-refractivity contribution < 1.29 is 4.42 Å². The molecule has 0 amide bonds. The van der Waals surface area contributed by atoms with Crippen LogP contribution >= 0.6 is 0 Å². The van der Waals surface area contributed by atoms with Crippen molar-refractivity contribution in [1.82, 2.24) is 0 Å². The van der Waals surface area contributed by atoms with Crippen LogP contribution in [0.3, 0.4) is 0 Å². The van der Waals surface area contributed by atoms with Crippen molar-refractivity contribution in [3.05, 3.63) is 77.6 Å². The number of fused-ring (bicyclic) bond motifs is 1. The first-order chi connectivity index (χ1) is 10.7. The summed E-state index contributed by atoms with van der Waals surface area (Å²) in [5, 5.41) is 1.23. The minimum atomic E-state index is 0.386. The normalized spacial score (nSPS) is 14.5. The summed E-state index contributed by atoms with van der Waals surface area (Å²) in [6, 6.07) is 19.0. The average molecular weight is 290 g/mol. The first-order valence-corrected chi connectivity index (χ1v) is 7.91. The molecule has 2 atom stereocenters. The van der Waals surface area contributed by atoms with Gasteiger partial charge in [0, 0.05) is 10.9 Å². The number of benzene rings is 2. The molecule has 112 valence electrons. The van der Waals surface area contributed by atoms with Gasteiger partial charge in [-0.1, -0.05) is 68.5 Å². The maximum Gasteiger partial charge on any atom is 0.135 e. The fourth-order valence-electron chi connectivity index (χ4n) is 3.12. The van der Waals surface area contributed by atoms with Gasteiger partial charge in [0.25, 0.3) is 0 Å². The number of rotatable bonds is 4. The lowest BCUT2D eigenvalue weighted by Gasteiger charge is -2.20. The molecule has 0 saturated heterocycles. The van der Waals surface area contributed by atoms with Crippen molar-refractivity contribution in [3.63, 3.8) is 0 Å². The molecule has 0 spiro atoms. The molecular weight excluding hydrogens is 268 g/mol. The van der Waals surface area contributed by atoms with Crippen molar-refractivity contribution in [2.75, 3.05) is 0 Å². The Morgan fingerprint density at radius 1 is 0.864 bits per heavy atom. The van der Waals surface area contributed by atoms with Gasteiger partial charge in [0.15, 0.2) is 0 Å². The standard InChI is InChI=1S/C21H22O/c1-4-10-20-21(18-13-8-9-14-19(18)22-20)16(3)15(2)17-11-6-5-7-12-17/h4-16H,1-3H3/b10-4-. The second kappa shape index (κ2) is 6.23. The van der Waals surface area contributed by atoms with Crippen molar-refractivity contribution >= 4 is 17.0 Å². The Morgan fingerprint density at radius 3 is 2.27 bits per heavy atom. The molecule has 3 aromatic rings. The van der Waals surface area contributed by atoms with Crippen LogP contribution in [0.1, 0.15) is 49.5 Å². The maximum atomic E-state index is 6.06. The van der Waals surface area contributed by atoms with Gasteiger partial charge in [-0.2, -0.15) is 0 Å². The van der Waals surface area contributed by atoms with Crippen LogP contribution in [0, 0.1) is 0 Å². The van der Waals surface area contributed by atoms with Gasteiger partial charge in [-0.25, -0.2) is 0 Å². The van der Waals surface area contributed by atoms with E-state index in [9.17, 15) is 0 Å². The number of allylic oxidation sites excluding steroid dienone is 1. The summed E-state index contributed by atoms with van der Waals surface area (Å²) in [6.07, 6.45) is 4.12. The highest BCUT2D eigenvalue weighted by Gasteiger charge is 2.23. The SMILES string of the molecule is C/C=C\c1oc2ccccc2c1C(C)C(C)c1ccccc1. The molecule has 0 N–H and O–H groups in total. The fraction of sp³-hybridized carbons (Fsp3) is 0.238. The van der Waals surface area contributed by atoms with E-state index in [1.54, 1.807) is 0 Å². The molecule has 1 aromatic heterocycles. The van der Waals surface area contributed by atoms with Crippen molar-refractivity contribution in [1.29, 1.82) is 0 Å². The van der Waals surface area contributed by atoms with Crippen LogP contribution in [-0.2, 0) is 0 Å². The number of hydrogen-bond donors (Lipinski definition) is 0. The van der Waals surface area contributed by atoms with Crippen molar-refractivity contribution in [2.45, 2.75) is 32.6 Å². The van der Waals surface area contributed by atoms with Crippen LogP contribution in [0.15, 0.2) is 65.1 Å². The third-order valence-electron chi connectivity index (χ3n) is 4.51. The second-order valence-corrected chi connectivity index (χ2v) is 5.86. The van der Waals surface area contributed by atoms with E-state index in [2.05, 4.69) is 62.4 Å². The summed E-state index contributed by atoms with van der Waals surface area (Å²) >= 11 is 0. The summed E-state index contributed by atoms with van der Waals surface area (Å²) in [6.45, 7) is 6.62. The third-order valence-corrected chi connectivity index (χ3v) is 4.51. The smallest absolute Gasteiger partial charge is 0.135 e. The zero-order valence-electron chi connectivity index (χ0n) is 13.4. The number of hydrogen-bond acceptors (Lipinski definition) is 1. The van der Waals surface area contributed by atoms with Gasteiger partial charge in [-0.3, -0.25) is 0 Å². The predicted octanol–water partition coefficient (Wildman–Crippen LogP) is 6.37. The number of furan rings is 1. The highest BCUT2D eigenvalue weighted by atomic mass is 16.3. The molecule has 2 unspecified atom stereocenters. The van der Waals surface area contributed by atoms with Crippen LogP contribution in [0.2, 0.25) is 0 Å². The van der Waals surface area contributed by atoms with E-state index in [1.807, 2.05) is 25.1 Å². The van der Waals surface area contributed by atoms with Crippen LogP contribution in [0.5, 0.6) is 0 Å². The highest BCUT2D eigenvalue weighted by Crippen LogP contribution is 2.40. The highest BCUT2D eigenvalue weighted by molar-refractivity contribution is 5.85. The second-order valence-electron chi connectivity index (χ2n) is 5.86. The number of para-hydroxylation sites is 1. The molecule has 1 heteroatoms. The van der Waals surface area contributed by atoms with E-state index < -0.39 is 0 Å². The van der Waals surface area contributed by atoms with E-state index in [1.165, 1.54) is 16.5 Å². The van der Waals surface area contributed by atoms with E-state index in [-0.39, 0.29) is 0 Å². The molecule has 0 aliphatic heterocycles. The van der Waals surface area contributed by atoms with E-state index >= 15 is 0 Å². The lowest BCUT2D eigenvalue weighted by molar-refractivity contribution is 0.571. The Morgan fingerprint density at radius 2 is 1.55 bits per heavy atom. The van der Waals surface area contributed by atoms with E-state index in [4.69, 9.17) is 4.42 Å². The quantitative estimate of drug-likeness (QED) is 0.544. The van der Waals surface area contributed by atoms with Gasteiger partial charge in [0.05, 0.1) is 0 Å². The zero-order valence-corrected chi connectivity index (χ0v) is 13.4. The Hall–Kier alpha value is -2.28. The van der Waals surface area contributed by atoms with Crippen LogP contribution in [0.4, 0.5) is 0 Å². The Bertz CT molecular complexity index is 780. The van der Waals surface area contributed by atoms with E-state index in [0.717, 1.165) is 11.3 Å². The minimum absolute atomic E-state index is 0.386. The largest absolute Gasteiger partial charge is 0.456 e. The molecule has 0 bridgehead atoms. The Balaban J connectivity index is 2.10. The third kappa shape index (κ3) is 2.59. The van der Waals surface area contributed by atoms with Crippen LogP contribution in [-0.4, -0.2) is 0 Å². The molecule has 0 fully saturated rings. The molecular formula is C21H22O. The molecule has 3 rings (SSSR count). The van der Waals surface area contributed by atoms with Gasteiger partial charge in [-0.15, -0.1) is 0 Å². The van der Waals surface area contributed by atoms with E-state index in [0.29, 0.717) is 11.8 Å². The Kier molecular flexibility index (Phi) is 4.15. The van der Waals surface area contributed by atoms with Gasteiger partial charge < -0.3 is 4.42 Å². The maximum absolute atomic E-state index is 6.06. The zero-order chi connectivity index (χ0) is 15.5. The summed E-state index contributed by atoms with van der Waals surface area (Å²) in [5.74, 6) is 1.81. The molecule has 0 aliphatic rings. The minimum Gasteiger partial charge on any atom is -0.456 e. The summed E-state index contributed by atoms with van der Waals surface area (Å²) in [7, 11) is 0. The molecule has 2 aromatic carbocycles. The lowest BCUT2D eigenvalue weighted by atomic mass is 9.82. The van der Waals surface area contributed by atoms with Gasteiger partial charge in [0.2, 0.25) is 0 Å². The van der Waals surface area contributed by atoms with Crippen LogP contribution < -0.4 is 0 Å². The molecule has 0 saturated carbocycles. The monoisotopic (exact) mass is 290 g/mol. The molecule has 1 heterocycles. The van der Waals surface area contributed by atoms with Gasteiger partial charge in [-0.05, 0) is 36.5 Å². The van der Waals surface area contributed by atoms with Gasteiger partial charge in [0.1, 0.15) is 11.3 Å². The molecule has 0 radical (unpaired) electrons. The Labute approximate surface area is 132 Å². The summed E-state index contributed by atoms with van der Waals surface area (Å²) in [4.78, 5) is 0. The molecule has 22 heavy (non-hydrogen) atoms. The lowest BCUT2D eigenvalue weighted by Crippen LogP contribution is -2.05. The van der Waals surface area contributed by atoms with Crippen LogP contribution in [0.25, 0.3) is 17.0 Å². The molecule has 0 aliphatic carbocycles. The van der Waals surface area contributed by atoms with Gasteiger partial charge >= 0.3 is 0 Å². The summed E-state index contributed by atoms with van der Waals surface area (Å²) in [5.41, 5.74) is 3.65. The fourth-order valence-corrected chi connectivity index (χ4v) is 3.12. The first kappa shape index (κ1) is 14.6. The average Bonchev–Trinajstić information content (AvgIpc) is 2.92. The summed E-state index contributed by atoms with van der Waals surface area (Å²) < 4.78 is 6.06. The van der Waals surface area contributed by atoms with Crippen molar-refractivity contribution in [2.24, 2.45) is 0 Å². The first-order valence-electron chi connectivity index (χ1n) is 7.91. The molecule has 1 nitrogen and oxygen atoms in total.